The van der Waals surface area contributed by atoms with Crippen molar-refractivity contribution in [2.45, 2.75) is 25.9 Å². The van der Waals surface area contributed by atoms with Gasteiger partial charge in [-0.05, 0) is 12.0 Å². The van der Waals surface area contributed by atoms with Crippen LogP contribution in [0.2, 0.25) is 0 Å². The molecule has 1 aliphatic carbocycles. The van der Waals surface area contributed by atoms with Crippen LogP contribution in [-0.2, 0) is 4.79 Å². The molecule has 0 aromatic heterocycles. The smallest absolute Gasteiger partial charge is 0.158 e. The third-order valence-electron chi connectivity index (χ3n) is 2.24. The fraction of sp³-hybridized carbons (Fsp3) is 0.500. The lowest BCUT2D eigenvalue weighted by Gasteiger charge is -2.26. The van der Waals surface area contributed by atoms with Gasteiger partial charge in [0.1, 0.15) is 0 Å². The fourth-order valence-corrected chi connectivity index (χ4v) is 1.18. The second-order valence-corrected chi connectivity index (χ2v) is 3.51. The average Bonchev–Trinajstić information content (AvgIpc) is 2.12. The molecular formula is C10H14O2. The molecule has 1 aliphatic rings. The second kappa shape index (κ2) is 3.23. The summed E-state index contributed by atoms with van der Waals surface area (Å²) < 4.78 is 0. The molecule has 0 bridgehead atoms. The summed E-state index contributed by atoms with van der Waals surface area (Å²) in [4.78, 5) is 11.1. The number of hydrogen-bond donors (Lipinski definition) is 1. The first-order chi connectivity index (χ1) is 5.54. The monoisotopic (exact) mass is 166 g/mol. The maximum absolute atomic E-state index is 11.1. The fourth-order valence-electron chi connectivity index (χ4n) is 1.18. The average molecular weight is 166 g/mol. The van der Waals surface area contributed by atoms with Gasteiger partial charge in [-0.3, -0.25) is 4.79 Å². The van der Waals surface area contributed by atoms with E-state index in [1.165, 1.54) is 6.08 Å². The van der Waals surface area contributed by atoms with Crippen LogP contribution in [0, 0.1) is 5.92 Å². The van der Waals surface area contributed by atoms with Crippen molar-refractivity contribution in [3.63, 3.8) is 0 Å². The van der Waals surface area contributed by atoms with Crippen LogP contribution in [0.25, 0.3) is 0 Å². The van der Waals surface area contributed by atoms with Crippen molar-refractivity contribution in [2.75, 3.05) is 0 Å². The van der Waals surface area contributed by atoms with Crippen molar-refractivity contribution in [1.29, 1.82) is 0 Å². The van der Waals surface area contributed by atoms with Crippen molar-refractivity contribution in [3.8, 4) is 0 Å². The van der Waals surface area contributed by atoms with Crippen LogP contribution in [0.1, 0.15) is 20.3 Å². The number of hydrogen-bond acceptors (Lipinski definition) is 2. The number of ketones is 1. The molecule has 1 rings (SSSR count). The Balaban J connectivity index is 2.86. The molecule has 12 heavy (non-hydrogen) atoms. The minimum atomic E-state index is -0.958. The summed E-state index contributed by atoms with van der Waals surface area (Å²) >= 11 is 0. The Kier molecular flexibility index (Phi) is 2.48. The van der Waals surface area contributed by atoms with Crippen LogP contribution >= 0.6 is 0 Å². The van der Waals surface area contributed by atoms with Crippen LogP contribution in [0.3, 0.4) is 0 Å². The predicted molar refractivity (Wildman–Crippen MR) is 47.7 cm³/mol. The van der Waals surface area contributed by atoms with E-state index in [1.54, 1.807) is 18.2 Å². The number of allylic oxidation sites excluding steroid dienone is 3. The highest BCUT2D eigenvalue weighted by atomic mass is 16.3. The lowest BCUT2D eigenvalue weighted by atomic mass is 9.86. The molecular weight excluding hydrogens is 152 g/mol. The minimum Gasteiger partial charge on any atom is -0.385 e. The Labute approximate surface area is 72.6 Å². The lowest BCUT2D eigenvalue weighted by Crippen LogP contribution is -2.34. The van der Waals surface area contributed by atoms with Crippen molar-refractivity contribution >= 4 is 5.78 Å². The van der Waals surface area contributed by atoms with Crippen molar-refractivity contribution < 1.29 is 9.90 Å². The Bertz CT molecular complexity index is 238. The van der Waals surface area contributed by atoms with Gasteiger partial charge in [-0.1, -0.05) is 32.1 Å². The molecule has 0 saturated heterocycles. The molecule has 66 valence electrons. The molecule has 0 amide bonds. The van der Waals surface area contributed by atoms with Gasteiger partial charge in [-0.15, -0.1) is 0 Å². The lowest BCUT2D eigenvalue weighted by molar-refractivity contribution is -0.119. The van der Waals surface area contributed by atoms with Crippen LogP contribution < -0.4 is 0 Å². The maximum Gasteiger partial charge on any atom is 0.158 e. The summed E-state index contributed by atoms with van der Waals surface area (Å²) in [6.45, 7) is 3.81. The molecule has 1 N–H and O–H groups in total. The van der Waals surface area contributed by atoms with Gasteiger partial charge < -0.3 is 5.11 Å². The van der Waals surface area contributed by atoms with Crippen molar-refractivity contribution in [3.05, 3.63) is 24.3 Å². The first-order valence-electron chi connectivity index (χ1n) is 4.16. The summed E-state index contributed by atoms with van der Waals surface area (Å²) in [7, 11) is 0. The summed E-state index contributed by atoms with van der Waals surface area (Å²) in [6, 6.07) is 0. The van der Waals surface area contributed by atoms with E-state index in [-0.39, 0.29) is 18.1 Å². The summed E-state index contributed by atoms with van der Waals surface area (Å²) in [5.41, 5.74) is -0.958. The molecule has 0 aromatic rings. The van der Waals surface area contributed by atoms with Crippen LogP contribution in [-0.4, -0.2) is 16.5 Å². The molecule has 0 heterocycles. The molecule has 0 aromatic carbocycles. The normalized spacial score (nSPS) is 29.5. The molecule has 0 fully saturated rings. The van der Waals surface area contributed by atoms with Gasteiger partial charge in [0.05, 0.1) is 5.60 Å². The predicted octanol–water partition coefficient (Wildman–Crippen LogP) is 1.46. The Morgan fingerprint density at radius 3 is 2.75 bits per heavy atom. The first kappa shape index (κ1) is 9.20. The number of rotatable bonds is 1. The summed E-state index contributed by atoms with van der Waals surface area (Å²) in [6.07, 6.45) is 6.78. The van der Waals surface area contributed by atoms with Crippen LogP contribution in [0.15, 0.2) is 24.3 Å². The highest BCUT2D eigenvalue weighted by Gasteiger charge is 2.30. The van der Waals surface area contributed by atoms with Crippen molar-refractivity contribution in [1.82, 2.24) is 0 Å². The molecule has 0 saturated carbocycles. The Morgan fingerprint density at radius 1 is 1.50 bits per heavy atom. The van der Waals surface area contributed by atoms with E-state index in [0.29, 0.717) is 0 Å². The third-order valence-corrected chi connectivity index (χ3v) is 2.24. The van der Waals surface area contributed by atoms with E-state index in [2.05, 4.69) is 0 Å². The third kappa shape index (κ3) is 1.83. The minimum absolute atomic E-state index is 0.0174. The van der Waals surface area contributed by atoms with Gasteiger partial charge in [0.25, 0.3) is 0 Å². The Hall–Kier alpha value is -0.890. The van der Waals surface area contributed by atoms with Gasteiger partial charge in [-0.2, -0.15) is 0 Å². The molecule has 2 heteroatoms. The number of carbonyl (C=O) groups excluding carboxylic acids is 1. The van der Waals surface area contributed by atoms with Gasteiger partial charge in [0.15, 0.2) is 5.78 Å². The first-order valence-corrected chi connectivity index (χ1v) is 4.16. The topological polar surface area (TPSA) is 37.3 Å². The molecule has 0 radical (unpaired) electrons. The highest BCUT2D eigenvalue weighted by molar-refractivity contribution is 5.91. The largest absolute Gasteiger partial charge is 0.385 e. The van der Waals surface area contributed by atoms with Gasteiger partial charge >= 0.3 is 0 Å². The van der Waals surface area contributed by atoms with E-state index in [9.17, 15) is 9.90 Å². The zero-order chi connectivity index (χ0) is 9.19. The maximum atomic E-state index is 11.1. The van der Waals surface area contributed by atoms with E-state index >= 15 is 0 Å². The second-order valence-electron chi connectivity index (χ2n) is 3.51. The van der Waals surface area contributed by atoms with Crippen molar-refractivity contribution in [2.24, 2.45) is 5.92 Å². The van der Waals surface area contributed by atoms with Crippen LogP contribution in [0.4, 0.5) is 0 Å². The standard InChI is InChI=1S/C10H14O2/c1-8(2)10(12)6-4-3-5-9(11)7-10/h3-6,8,12H,7H2,1-2H3. The van der Waals surface area contributed by atoms with E-state index in [4.69, 9.17) is 0 Å². The molecule has 2 nitrogen and oxygen atoms in total. The van der Waals surface area contributed by atoms with Gasteiger partial charge in [0, 0.05) is 6.42 Å². The molecule has 1 atom stereocenters. The van der Waals surface area contributed by atoms with Gasteiger partial charge in [-0.25, -0.2) is 0 Å². The molecule has 1 unspecified atom stereocenters. The zero-order valence-electron chi connectivity index (χ0n) is 7.45. The molecule has 0 aliphatic heterocycles. The number of aliphatic hydroxyl groups is 1. The zero-order valence-corrected chi connectivity index (χ0v) is 7.45. The summed E-state index contributed by atoms with van der Waals surface area (Å²) in [5, 5.41) is 9.95. The van der Waals surface area contributed by atoms with E-state index in [1.807, 2.05) is 13.8 Å². The Morgan fingerprint density at radius 2 is 2.17 bits per heavy atom. The quantitative estimate of drug-likeness (QED) is 0.640. The van der Waals surface area contributed by atoms with Crippen LogP contribution in [0.5, 0.6) is 0 Å². The SMILES string of the molecule is CC(C)C1(O)C=CC=CC(=O)C1. The van der Waals surface area contributed by atoms with Gasteiger partial charge in [0.2, 0.25) is 0 Å². The summed E-state index contributed by atoms with van der Waals surface area (Å²) in [5.74, 6) is 0.0498. The molecule has 0 spiro atoms. The van der Waals surface area contributed by atoms with E-state index < -0.39 is 5.60 Å². The number of carbonyl (C=O) groups is 1. The van der Waals surface area contributed by atoms with E-state index in [0.717, 1.165) is 0 Å². The highest BCUT2D eigenvalue weighted by Crippen LogP contribution is 2.24.